The standard InChI is InChI=1S/C22H31NO2/c1-21(2,3)17-11-10-15(19(24)12-17)13-23-14-16-8-7-9-18(20(16)25)22(4,5)6/h7-12,23-25H,13-14H2,1-6H3. The topological polar surface area (TPSA) is 52.5 Å². The van der Waals surface area contributed by atoms with E-state index < -0.39 is 0 Å². The van der Waals surface area contributed by atoms with E-state index in [1.165, 1.54) is 0 Å². The predicted octanol–water partition coefficient (Wildman–Crippen LogP) is 4.98. The molecule has 0 heterocycles. The van der Waals surface area contributed by atoms with Crippen LogP contribution in [-0.2, 0) is 23.9 Å². The monoisotopic (exact) mass is 341 g/mol. The Morgan fingerprint density at radius 3 is 2.00 bits per heavy atom. The van der Waals surface area contributed by atoms with Crippen LogP contribution in [0.25, 0.3) is 0 Å². The first-order valence-electron chi connectivity index (χ1n) is 8.84. The highest BCUT2D eigenvalue weighted by atomic mass is 16.3. The van der Waals surface area contributed by atoms with Gasteiger partial charge in [0.05, 0.1) is 0 Å². The smallest absolute Gasteiger partial charge is 0.123 e. The fourth-order valence-corrected chi connectivity index (χ4v) is 2.85. The summed E-state index contributed by atoms with van der Waals surface area (Å²) in [6.45, 7) is 13.8. The first-order chi connectivity index (χ1) is 11.5. The van der Waals surface area contributed by atoms with Gasteiger partial charge in [0, 0.05) is 24.2 Å². The van der Waals surface area contributed by atoms with Crippen LogP contribution >= 0.6 is 0 Å². The van der Waals surface area contributed by atoms with Gasteiger partial charge in [-0.05, 0) is 28.0 Å². The number of rotatable bonds is 4. The lowest BCUT2D eigenvalue weighted by Gasteiger charge is -2.22. The zero-order chi connectivity index (χ0) is 18.8. The van der Waals surface area contributed by atoms with Crippen molar-refractivity contribution < 1.29 is 10.2 Å². The third-order valence-electron chi connectivity index (χ3n) is 4.51. The summed E-state index contributed by atoms with van der Waals surface area (Å²) in [5.41, 5.74) is 3.72. The quantitative estimate of drug-likeness (QED) is 0.735. The molecule has 136 valence electrons. The van der Waals surface area contributed by atoms with Gasteiger partial charge in [0.25, 0.3) is 0 Å². The van der Waals surface area contributed by atoms with Gasteiger partial charge in [0.15, 0.2) is 0 Å². The lowest BCUT2D eigenvalue weighted by Crippen LogP contribution is -2.16. The highest BCUT2D eigenvalue weighted by molar-refractivity contribution is 5.44. The molecule has 0 unspecified atom stereocenters. The van der Waals surface area contributed by atoms with Crippen molar-refractivity contribution in [3.8, 4) is 11.5 Å². The van der Waals surface area contributed by atoms with E-state index in [1.807, 2.05) is 30.3 Å². The van der Waals surface area contributed by atoms with Gasteiger partial charge in [0.1, 0.15) is 11.5 Å². The van der Waals surface area contributed by atoms with E-state index in [1.54, 1.807) is 0 Å². The van der Waals surface area contributed by atoms with Gasteiger partial charge >= 0.3 is 0 Å². The molecule has 0 saturated heterocycles. The second-order valence-electron chi connectivity index (χ2n) is 8.76. The molecular formula is C22H31NO2. The summed E-state index contributed by atoms with van der Waals surface area (Å²) in [7, 11) is 0. The summed E-state index contributed by atoms with van der Waals surface area (Å²) in [6.07, 6.45) is 0. The summed E-state index contributed by atoms with van der Waals surface area (Å²) in [6, 6.07) is 11.8. The van der Waals surface area contributed by atoms with Gasteiger partial charge in [-0.25, -0.2) is 0 Å². The third kappa shape index (κ3) is 4.76. The van der Waals surface area contributed by atoms with Crippen molar-refractivity contribution in [3.05, 3.63) is 58.7 Å². The van der Waals surface area contributed by atoms with Crippen LogP contribution in [0.15, 0.2) is 36.4 Å². The van der Waals surface area contributed by atoms with Gasteiger partial charge in [-0.3, -0.25) is 0 Å². The lowest BCUT2D eigenvalue weighted by molar-refractivity contribution is 0.436. The maximum absolute atomic E-state index is 10.5. The molecule has 25 heavy (non-hydrogen) atoms. The minimum Gasteiger partial charge on any atom is -0.508 e. The van der Waals surface area contributed by atoms with Gasteiger partial charge < -0.3 is 15.5 Å². The van der Waals surface area contributed by atoms with E-state index in [-0.39, 0.29) is 10.8 Å². The van der Waals surface area contributed by atoms with E-state index in [4.69, 9.17) is 0 Å². The number of para-hydroxylation sites is 1. The molecular weight excluding hydrogens is 310 g/mol. The van der Waals surface area contributed by atoms with Crippen LogP contribution in [0.4, 0.5) is 0 Å². The fraction of sp³-hybridized carbons (Fsp3) is 0.455. The van der Waals surface area contributed by atoms with Crippen molar-refractivity contribution in [3.63, 3.8) is 0 Å². The van der Waals surface area contributed by atoms with Gasteiger partial charge in [0.2, 0.25) is 0 Å². The Hall–Kier alpha value is -2.00. The van der Waals surface area contributed by atoms with Gasteiger partial charge in [-0.1, -0.05) is 71.9 Å². The minimum absolute atomic E-state index is 0.0165. The molecule has 0 bridgehead atoms. The van der Waals surface area contributed by atoms with Crippen molar-refractivity contribution in [2.75, 3.05) is 0 Å². The molecule has 0 amide bonds. The molecule has 0 spiro atoms. The minimum atomic E-state index is -0.0961. The maximum atomic E-state index is 10.5. The van der Waals surface area contributed by atoms with Crippen LogP contribution < -0.4 is 5.32 Å². The molecule has 0 atom stereocenters. The zero-order valence-corrected chi connectivity index (χ0v) is 16.3. The van der Waals surface area contributed by atoms with Gasteiger partial charge in [-0.2, -0.15) is 0 Å². The second-order valence-corrected chi connectivity index (χ2v) is 8.76. The van der Waals surface area contributed by atoms with Crippen molar-refractivity contribution in [2.24, 2.45) is 0 Å². The Morgan fingerprint density at radius 1 is 0.800 bits per heavy atom. The van der Waals surface area contributed by atoms with Crippen LogP contribution in [0.3, 0.4) is 0 Å². The Bertz CT molecular complexity index is 737. The van der Waals surface area contributed by atoms with E-state index >= 15 is 0 Å². The number of nitrogens with one attached hydrogen (secondary N) is 1. The normalized spacial score (nSPS) is 12.4. The van der Waals surface area contributed by atoms with Gasteiger partial charge in [-0.15, -0.1) is 0 Å². The molecule has 0 aliphatic carbocycles. The summed E-state index contributed by atoms with van der Waals surface area (Å²) in [5.74, 6) is 0.669. The Labute approximate surface area is 151 Å². The molecule has 0 aromatic heterocycles. The van der Waals surface area contributed by atoms with Crippen LogP contribution in [-0.4, -0.2) is 10.2 Å². The molecule has 2 rings (SSSR count). The SMILES string of the molecule is CC(C)(C)c1ccc(CNCc2cccc(C(C)(C)C)c2O)c(O)c1. The maximum Gasteiger partial charge on any atom is 0.123 e. The van der Waals surface area contributed by atoms with E-state index in [0.717, 1.165) is 22.3 Å². The molecule has 0 radical (unpaired) electrons. The van der Waals surface area contributed by atoms with Crippen molar-refractivity contribution >= 4 is 0 Å². The summed E-state index contributed by atoms with van der Waals surface area (Å²) < 4.78 is 0. The molecule has 0 fully saturated rings. The van der Waals surface area contributed by atoms with Crippen molar-refractivity contribution in [1.29, 1.82) is 0 Å². The van der Waals surface area contributed by atoms with E-state index in [9.17, 15) is 10.2 Å². The van der Waals surface area contributed by atoms with Crippen LogP contribution in [0, 0.1) is 0 Å². The fourth-order valence-electron chi connectivity index (χ4n) is 2.85. The predicted molar refractivity (Wildman–Crippen MR) is 104 cm³/mol. The molecule has 2 aromatic rings. The molecule has 3 heteroatoms. The first kappa shape index (κ1) is 19.3. The largest absolute Gasteiger partial charge is 0.508 e. The highest BCUT2D eigenvalue weighted by Gasteiger charge is 2.19. The Morgan fingerprint density at radius 2 is 1.44 bits per heavy atom. The number of hydrogen-bond donors (Lipinski definition) is 3. The summed E-state index contributed by atoms with van der Waals surface area (Å²) >= 11 is 0. The average Bonchev–Trinajstić information content (AvgIpc) is 2.48. The number of phenolic OH excluding ortho intramolecular Hbond substituents is 2. The Balaban J connectivity index is 2.07. The van der Waals surface area contributed by atoms with Crippen molar-refractivity contribution in [1.82, 2.24) is 5.32 Å². The van der Waals surface area contributed by atoms with Crippen LogP contribution in [0.1, 0.15) is 63.8 Å². The van der Waals surface area contributed by atoms with E-state index in [2.05, 4.69) is 52.9 Å². The number of phenols is 2. The van der Waals surface area contributed by atoms with E-state index in [0.29, 0.717) is 24.6 Å². The molecule has 2 aromatic carbocycles. The molecule has 0 aliphatic heterocycles. The lowest BCUT2D eigenvalue weighted by atomic mass is 9.85. The Kier molecular flexibility index (Phi) is 5.48. The summed E-state index contributed by atoms with van der Waals surface area (Å²) in [5, 5.41) is 24.1. The number of benzene rings is 2. The third-order valence-corrected chi connectivity index (χ3v) is 4.51. The number of aromatic hydroxyl groups is 2. The van der Waals surface area contributed by atoms with Crippen LogP contribution in [0.5, 0.6) is 11.5 Å². The molecule has 0 saturated carbocycles. The molecule has 0 aliphatic rings. The molecule has 3 nitrogen and oxygen atoms in total. The summed E-state index contributed by atoms with van der Waals surface area (Å²) in [4.78, 5) is 0. The highest BCUT2D eigenvalue weighted by Crippen LogP contribution is 2.33. The van der Waals surface area contributed by atoms with Crippen molar-refractivity contribution in [2.45, 2.75) is 65.5 Å². The average molecular weight is 341 g/mol. The number of hydrogen-bond acceptors (Lipinski definition) is 3. The zero-order valence-electron chi connectivity index (χ0n) is 16.3. The second kappa shape index (κ2) is 7.09. The first-order valence-corrected chi connectivity index (χ1v) is 8.84. The molecule has 3 N–H and O–H groups in total. The van der Waals surface area contributed by atoms with Crippen LogP contribution in [0.2, 0.25) is 0 Å².